The maximum atomic E-state index is 4.73. The van der Waals surface area contributed by atoms with Crippen LogP contribution in [0.2, 0.25) is 0 Å². The van der Waals surface area contributed by atoms with Crippen molar-refractivity contribution in [2.45, 2.75) is 83.6 Å². The standard InChI is InChI=1S/C19H32N2/c1-3-5-6-7-13-18(20-14-4-2)17-12-8-10-16-11-9-15-21-19(16)17/h9,11,15,17-18,20H,3-8,10,12-14H2,1-2H3. The molecule has 2 rings (SSSR count). The van der Waals surface area contributed by atoms with Gasteiger partial charge in [-0.25, -0.2) is 0 Å². The molecule has 2 unspecified atom stereocenters. The van der Waals surface area contributed by atoms with E-state index in [1.54, 1.807) is 0 Å². The third-order valence-electron chi connectivity index (χ3n) is 4.75. The summed E-state index contributed by atoms with van der Waals surface area (Å²) in [4.78, 5) is 4.73. The Morgan fingerprint density at radius 3 is 2.95 bits per heavy atom. The molecule has 0 saturated carbocycles. The highest BCUT2D eigenvalue weighted by Crippen LogP contribution is 2.34. The molecular formula is C19H32N2. The molecule has 0 aromatic carbocycles. The number of aryl methyl sites for hydroxylation is 1. The van der Waals surface area contributed by atoms with E-state index in [-0.39, 0.29) is 0 Å². The maximum Gasteiger partial charge on any atom is 0.0481 e. The van der Waals surface area contributed by atoms with Crippen LogP contribution in [0.1, 0.15) is 82.4 Å². The molecule has 1 heterocycles. The lowest BCUT2D eigenvalue weighted by Gasteiger charge is -2.32. The van der Waals surface area contributed by atoms with Crippen LogP contribution in [0.25, 0.3) is 0 Å². The lowest BCUT2D eigenvalue weighted by atomic mass is 9.80. The van der Waals surface area contributed by atoms with Crippen molar-refractivity contribution in [1.29, 1.82) is 0 Å². The Morgan fingerprint density at radius 1 is 1.24 bits per heavy atom. The van der Waals surface area contributed by atoms with E-state index in [1.807, 2.05) is 6.20 Å². The second kappa shape index (κ2) is 9.19. The van der Waals surface area contributed by atoms with Gasteiger partial charge in [0.1, 0.15) is 0 Å². The number of hydrogen-bond acceptors (Lipinski definition) is 2. The minimum Gasteiger partial charge on any atom is -0.313 e. The highest BCUT2D eigenvalue weighted by Gasteiger charge is 2.28. The van der Waals surface area contributed by atoms with E-state index in [0.717, 1.165) is 6.54 Å². The molecule has 0 amide bonds. The fourth-order valence-corrected chi connectivity index (χ4v) is 3.60. The van der Waals surface area contributed by atoms with Crippen LogP contribution in [-0.2, 0) is 6.42 Å². The van der Waals surface area contributed by atoms with Crippen molar-refractivity contribution >= 4 is 0 Å². The smallest absolute Gasteiger partial charge is 0.0481 e. The summed E-state index contributed by atoms with van der Waals surface area (Å²) in [5.74, 6) is 0.628. The van der Waals surface area contributed by atoms with Crippen molar-refractivity contribution in [3.8, 4) is 0 Å². The molecule has 21 heavy (non-hydrogen) atoms. The first kappa shape index (κ1) is 16.5. The number of nitrogens with zero attached hydrogens (tertiary/aromatic N) is 1. The van der Waals surface area contributed by atoms with Gasteiger partial charge >= 0.3 is 0 Å². The van der Waals surface area contributed by atoms with E-state index in [9.17, 15) is 0 Å². The fourth-order valence-electron chi connectivity index (χ4n) is 3.60. The van der Waals surface area contributed by atoms with Crippen LogP contribution in [-0.4, -0.2) is 17.6 Å². The Bertz CT molecular complexity index is 402. The molecule has 0 saturated heterocycles. The Morgan fingerprint density at radius 2 is 2.14 bits per heavy atom. The van der Waals surface area contributed by atoms with E-state index >= 15 is 0 Å². The van der Waals surface area contributed by atoms with Gasteiger partial charge in [-0.1, -0.05) is 45.6 Å². The zero-order chi connectivity index (χ0) is 14.9. The van der Waals surface area contributed by atoms with Gasteiger partial charge in [0.05, 0.1) is 0 Å². The van der Waals surface area contributed by atoms with Gasteiger partial charge in [0.2, 0.25) is 0 Å². The molecule has 1 aliphatic carbocycles. The summed E-state index contributed by atoms with van der Waals surface area (Å²) in [5.41, 5.74) is 2.87. The first-order valence-corrected chi connectivity index (χ1v) is 9.04. The Kier molecular flexibility index (Phi) is 7.21. The average Bonchev–Trinajstić information content (AvgIpc) is 2.54. The van der Waals surface area contributed by atoms with Crippen molar-refractivity contribution < 1.29 is 0 Å². The molecule has 1 aliphatic rings. The molecule has 1 N–H and O–H groups in total. The van der Waals surface area contributed by atoms with E-state index in [0.29, 0.717) is 12.0 Å². The molecule has 2 atom stereocenters. The monoisotopic (exact) mass is 288 g/mol. The van der Waals surface area contributed by atoms with Crippen LogP contribution in [0.15, 0.2) is 18.3 Å². The molecule has 1 aromatic heterocycles. The second-order valence-corrected chi connectivity index (χ2v) is 6.46. The Balaban J connectivity index is 2.02. The van der Waals surface area contributed by atoms with Gasteiger partial charge in [-0.3, -0.25) is 4.98 Å². The molecule has 0 aliphatic heterocycles. The van der Waals surface area contributed by atoms with Gasteiger partial charge in [0.25, 0.3) is 0 Å². The largest absolute Gasteiger partial charge is 0.313 e. The molecule has 0 radical (unpaired) electrons. The van der Waals surface area contributed by atoms with Crippen LogP contribution in [0.5, 0.6) is 0 Å². The third kappa shape index (κ3) is 4.81. The van der Waals surface area contributed by atoms with Crippen LogP contribution >= 0.6 is 0 Å². The minimum absolute atomic E-state index is 0.621. The highest BCUT2D eigenvalue weighted by molar-refractivity contribution is 5.27. The summed E-state index contributed by atoms with van der Waals surface area (Å²) in [5, 5.41) is 3.82. The zero-order valence-electron chi connectivity index (χ0n) is 13.9. The van der Waals surface area contributed by atoms with Crippen molar-refractivity contribution in [3.05, 3.63) is 29.6 Å². The maximum absolute atomic E-state index is 4.73. The summed E-state index contributed by atoms with van der Waals surface area (Å²) >= 11 is 0. The minimum atomic E-state index is 0.621. The van der Waals surface area contributed by atoms with Crippen LogP contribution in [0, 0.1) is 0 Å². The number of aromatic nitrogens is 1. The summed E-state index contributed by atoms with van der Waals surface area (Å²) in [6.07, 6.45) is 13.8. The van der Waals surface area contributed by atoms with Crippen molar-refractivity contribution in [3.63, 3.8) is 0 Å². The van der Waals surface area contributed by atoms with E-state index in [1.165, 1.54) is 69.0 Å². The predicted molar refractivity (Wildman–Crippen MR) is 90.8 cm³/mol. The van der Waals surface area contributed by atoms with Gasteiger partial charge in [-0.15, -0.1) is 0 Å². The van der Waals surface area contributed by atoms with Crippen molar-refractivity contribution in [1.82, 2.24) is 10.3 Å². The first-order chi connectivity index (χ1) is 10.4. The lowest BCUT2D eigenvalue weighted by molar-refractivity contribution is 0.356. The van der Waals surface area contributed by atoms with Crippen molar-refractivity contribution in [2.24, 2.45) is 0 Å². The summed E-state index contributed by atoms with van der Waals surface area (Å²) in [6, 6.07) is 5.00. The van der Waals surface area contributed by atoms with Crippen LogP contribution in [0.4, 0.5) is 0 Å². The zero-order valence-corrected chi connectivity index (χ0v) is 13.9. The molecule has 2 heteroatoms. The number of nitrogens with one attached hydrogen (secondary N) is 1. The third-order valence-corrected chi connectivity index (χ3v) is 4.75. The molecule has 118 valence electrons. The van der Waals surface area contributed by atoms with Gasteiger partial charge in [-0.05, 0) is 50.3 Å². The van der Waals surface area contributed by atoms with E-state index in [4.69, 9.17) is 4.98 Å². The Hall–Kier alpha value is -0.890. The van der Waals surface area contributed by atoms with Gasteiger partial charge in [0, 0.05) is 23.9 Å². The summed E-state index contributed by atoms with van der Waals surface area (Å²) in [6.45, 7) is 5.68. The van der Waals surface area contributed by atoms with E-state index in [2.05, 4.69) is 31.3 Å². The first-order valence-electron chi connectivity index (χ1n) is 9.04. The molecule has 1 aromatic rings. The quantitative estimate of drug-likeness (QED) is 0.658. The molecular weight excluding hydrogens is 256 g/mol. The molecule has 0 bridgehead atoms. The van der Waals surface area contributed by atoms with E-state index < -0.39 is 0 Å². The SMILES string of the molecule is CCCCCCC(NCCC)C1CCCc2cccnc21. The second-order valence-electron chi connectivity index (χ2n) is 6.46. The number of rotatable bonds is 9. The van der Waals surface area contributed by atoms with Gasteiger partial charge < -0.3 is 5.32 Å². The fraction of sp³-hybridized carbons (Fsp3) is 0.737. The van der Waals surface area contributed by atoms with Crippen LogP contribution < -0.4 is 5.32 Å². The average molecular weight is 288 g/mol. The number of pyridine rings is 1. The predicted octanol–water partition coefficient (Wildman–Crippen LogP) is 4.84. The number of hydrogen-bond donors (Lipinski definition) is 1. The molecule has 2 nitrogen and oxygen atoms in total. The summed E-state index contributed by atoms with van der Waals surface area (Å²) in [7, 11) is 0. The van der Waals surface area contributed by atoms with Crippen LogP contribution in [0.3, 0.4) is 0 Å². The van der Waals surface area contributed by atoms with Crippen molar-refractivity contribution in [2.75, 3.05) is 6.54 Å². The summed E-state index contributed by atoms with van der Waals surface area (Å²) < 4.78 is 0. The topological polar surface area (TPSA) is 24.9 Å². The number of unbranched alkanes of at least 4 members (excludes halogenated alkanes) is 3. The molecule has 0 spiro atoms. The normalized spacial score (nSPS) is 19.2. The Labute approximate surface area is 130 Å². The lowest BCUT2D eigenvalue weighted by Crippen LogP contribution is -2.37. The van der Waals surface area contributed by atoms with Gasteiger partial charge in [-0.2, -0.15) is 0 Å². The highest BCUT2D eigenvalue weighted by atomic mass is 14.9. The van der Waals surface area contributed by atoms with Gasteiger partial charge in [0.15, 0.2) is 0 Å². The molecule has 0 fully saturated rings. The number of fused-ring (bicyclic) bond motifs is 1.